The lowest BCUT2D eigenvalue weighted by Crippen LogP contribution is -2.46. The second-order valence-electron chi connectivity index (χ2n) is 5.16. The van der Waals surface area contributed by atoms with E-state index < -0.39 is 0 Å². The van der Waals surface area contributed by atoms with Gasteiger partial charge < -0.3 is 10.5 Å². The van der Waals surface area contributed by atoms with Crippen molar-refractivity contribution in [1.29, 1.82) is 0 Å². The van der Waals surface area contributed by atoms with Crippen LogP contribution in [0.1, 0.15) is 46.0 Å². The molecule has 0 bridgehead atoms. The largest absolute Gasteiger partial charge is 0.370 e. The van der Waals surface area contributed by atoms with Crippen molar-refractivity contribution in [1.82, 2.24) is 0 Å². The third kappa shape index (κ3) is 1.50. The summed E-state index contributed by atoms with van der Waals surface area (Å²) in [5, 5.41) is 0. The molecule has 0 aromatic heterocycles. The number of hydrogen-bond donors (Lipinski definition) is 1. The van der Waals surface area contributed by atoms with E-state index in [4.69, 9.17) is 10.5 Å². The summed E-state index contributed by atoms with van der Waals surface area (Å²) in [5.41, 5.74) is 6.24. The highest BCUT2D eigenvalue weighted by Gasteiger charge is 2.55. The Labute approximate surface area is 80.8 Å². The van der Waals surface area contributed by atoms with E-state index in [1.54, 1.807) is 0 Å². The number of nitrogens with two attached hydrogens (primary N) is 1. The molecule has 0 amide bonds. The first-order valence-corrected chi connectivity index (χ1v) is 5.48. The van der Waals surface area contributed by atoms with Gasteiger partial charge in [0, 0.05) is 6.54 Å². The average molecular weight is 183 g/mol. The fraction of sp³-hybridized carbons (Fsp3) is 1.00. The molecule has 76 valence electrons. The van der Waals surface area contributed by atoms with Gasteiger partial charge in [0.05, 0.1) is 11.7 Å². The van der Waals surface area contributed by atoms with Gasteiger partial charge in [-0.3, -0.25) is 0 Å². The SMILES string of the molecule is CC1(C2(C)CCCC(CN)O2)CC1. The molecule has 13 heavy (non-hydrogen) atoms. The van der Waals surface area contributed by atoms with Gasteiger partial charge in [-0.05, 0) is 44.4 Å². The van der Waals surface area contributed by atoms with Crippen LogP contribution < -0.4 is 5.73 Å². The fourth-order valence-electron chi connectivity index (χ4n) is 2.48. The summed E-state index contributed by atoms with van der Waals surface area (Å²) in [7, 11) is 0. The highest BCUT2D eigenvalue weighted by atomic mass is 16.5. The van der Waals surface area contributed by atoms with Crippen LogP contribution in [0.15, 0.2) is 0 Å². The van der Waals surface area contributed by atoms with Crippen LogP contribution in [-0.2, 0) is 4.74 Å². The summed E-state index contributed by atoms with van der Waals surface area (Å²) in [6.07, 6.45) is 6.65. The lowest BCUT2D eigenvalue weighted by molar-refractivity contribution is -0.149. The molecule has 2 nitrogen and oxygen atoms in total. The van der Waals surface area contributed by atoms with E-state index in [1.165, 1.54) is 25.7 Å². The van der Waals surface area contributed by atoms with Gasteiger partial charge in [-0.2, -0.15) is 0 Å². The van der Waals surface area contributed by atoms with Crippen LogP contribution in [0.4, 0.5) is 0 Å². The lowest BCUT2D eigenvalue weighted by Gasteiger charge is -2.43. The minimum absolute atomic E-state index is 0.120. The predicted octanol–water partition coefficient (Wildman–Crippen LogP) is 2.07. The molecule has 1 saturated carbocycles. The second-order valence-corrected chi connectivity index (χ2v) is 5.16. The van der Waals surface area contributed by atoms with E-state index in [-0.39, 0.29) is 5.60 Å². The molecule has 2 atom stereocenters. The monoisotopic (exact) mass is 183 g/mol. The molecule has 2 N–H and O–H groups in total. The van der Waals surface area contributed by atoms with Crippen LogP contribution in [-0.4, -0.2) is 18.2 Å². The molecular weight excluding hydrogens is 162 g/mol. The maximum Gasteiger partial charge on any atom is 0.0712 e. The van der Waals surface area contributed by atoms with Gasteiger partial charge in [-0.15, -0.1) is 0 Å². The Morgan fingerprint density at radius 2 is 2.00 bits per heavy atom. The Bertz CT molecular complexity index is 200. The Hall–Kier alpha value is -0.0800. The van der Waals surface area contributed by atoms with Crippen LogP contribution in [0.2, 0.25) is 0 Å². The summed E-state index contributed by atoms with van der Waals surface area (Å²) >= 11 is 0. The summed E-state index contributed by atoms with van der Waals surface area (Å²) in [6.45, 7) is 5.32. The van der Waals surface area contributed by atoms with Crippen LogP contribution in [0, 0.1) is 5.41 Å². The summed E-state index contributed by atoms with van der Waals surface area (Å²) in [6, 6.07) is 0. The Kier molecular flexibility index (Phi) is 2.16. The number of rotatable bonds is 2. The van der Waals surface area contributed by atoms with E-state index in [0.717, 1.165) is 6.42 Å². The molecule has 0 radical (unpaired) electrons. The molecule has 2 rings (SSSR count). The van der Waals surface area contributed by atoms with Crippen LogP contribution >= 0.6 is 0 Å². The average Bonchev–Trinajstić information content (AvgIpc) is 2.85. The van der Waals surface area contributed by atoms with Crippen molar-refractivity contribution in [2.45, 2.75) is 57.7 Å². The summed E-state index contributed by atoms with van der Waals surface area (Å²) < 4.78 is 6.12. The molecular formula is C11H21NO. The van der Waals surface area contributed by atoms with Gasteiger partial charge in [0.1, 0.15) is 0 Å². The number of ether oxygens (including phenoxy) is 1. The van der Waals surface area contributed by atoms with Gasteiger partial charge in [0.2, 0.25) is 0 Å². The maximum atomic E-state index is 6.12. The molecule has 2 aliphatic rings. The fourth-order valence-corrected chi connectivity index (χ4v) is 2.48. The van der Waals surface area contributed by atoms with E-state index in [9.17, 15) is 0 Å². The van der Waals surface area contributed by atoms with Crippen LogP contribution in [0.3, 0.4) is 0 Å². The van der Waals surface area contributed by atoms with Crippen molar-refractivity contribution in [3.05, 3.63) is 0 Å². The molecule has 1 aliphatic carbocycles. The first-order valence-electron chi connectivity index (χ1n) is 5.48. The molecule has 0 spiro atoms. The number of hydrogen-bond acceptors (Lipinski definition) is 2. The van der Waals surface area contributed by atoms with Gasteiger partial charge in [-0.25, -0.2) is 0 Å². The first-order chi connectivity index (χ1) is 6.10. The minimum Gasteiger partial charge on any atom is -0.370 e. The maximum absolute atomic E-state index is 6.12. The van der Waals surface area contributed by atoms with Crippen LogP contribution in [0.25, 0.3) is 0 Å². The zero-order chi connectivity index (χ0) is 9.53. The van der Waals surface area contributed by atoms with Gasteiger partial charge in [0.15, 0.2) is 0 Å². The van der Waals surface area contributed by atoms with Crippen molar-refractivity contribution in [3.8, 4) is 0 Å². The molecule has 1 aliphatic heterocycles. The third-order valence-corrected chi connectivity index (χ3v) is 4.15. The van der Waals surface area contributed by atoms with E-state index >= 15 is 0 Å². The lowest BCUT2D eigenvalue weighted by atomic mass is 9.80. The van der Waals surface area contributed by atoms with Crippen LogP contribution in [0.5, 0.6) is 0 Å². The van der Waals surface area contributed by atoms with Crippen molar-refractivity contribution >= 4 is 0 Å². The Balaban J connectivity index is 2.05. The Morgan fingerprint density at radius 1 is 1.31 bits per heavy atom. The molecule has 2 fully saturated rings. The topological polar surface area (TPSA) is 35.2 Å². The molecule has 2 unspecified atom stereocenters. The summed E-state index contributed by atoms with van der Waals surface area (Å²) in [4.78, 5) is 0. The molecule has 2 heteroatoms. The van der Waals surface area contributed by atoms with Crippen molar-refractivity contribution in [2.75, 3.05) is 6.54 Å². The third-order valence-electron chi connectivity index (χ3n) is 4.15. The normalized spacial score (nSPS) is 43.2. The molecule has 1 saturated heterocycles. The zero-order valence-electron chi connectivity index (χ0n) is 8.81. The van der Waals surface area contributed by atoms with Crippen molar-refractivity contribution in [3.63, 3.8) is 0 Å². The quantitative estimate of drug-likeness (QED) is 0.711. The standard InChI is InChI=1S/C11H21NO/c1-10(6-7-10)11(2)5-3-4-9(8-12)13-11/h9H,3-8,12H2,1-2H3. The molecule has 0 aromatic carbocycles. The van der Waals surface area contributed by atoms with Gasteiger partial charge in [0.25, 0.3) is 0 Å². The first kappa shape index (κ1) is 9.47. The second kappa shape index (κ2) is 2.96. The van der Waals surface area contributed by atoms with Gasteiger partial charge in [-0.1, -0.05) is 6.92 Å². The predicted molar refractivity (Wildman–Crippen MR) is 53.5 cm³/mol. The van der Waals surface area contributed by atoms with Crippen molar-refractivity contribution < 1.29 is 4.74 Å². The van der Waals surface area contributed by atoms with E-state index in [0.29, 0.717) is 18.1 Å². The van der Waals surface area contributed by atoms with Crippen molar-refractivity contribution in [2.24, 2.45) is 11.1 Å². The van der Waals surface area contributed by atoms with E-state index in [1.807, 2.05) is 0 Å². The highest BCUT2D eigenvalue weighted by molar-refractivity contribution is 5.05. The Morgan fingerprint density at radius 3 is 2.54 bits per heavy atom. The smallest absolute Gasteiger partial charge is 0.0712 e. The highest BCUT2D eigenvalue weighted by Crippen LogP contribution is 2.58. The minimum atomic E-state index is 0.120. The molecule has 0 aromatic rings. The summed E-state index contributed by atoms with van der Waals surface area (Å²) in [5.74, 6) is 0. The van der Waals surface area contributed by atoms with E-state index in [2.05, 4.69) is 13.8 Å². The van der Waals surface area contributed by atoms with Gasteiger partial charge >= 0.3 is 0 Å². The zero-order valence-corrected chi connectivity index (χ0v) is 8.81. The molecule has 1 heterocycles.